The number of amides is 1. The molecule has 1 aliphatic rings. The maximum atomic E-state index is 13.0. The van der Waals surface area contributed by atoms with Gasteiger partial charge < -0.3 is 10.1 Å². The number of ether oxygens (including phenoxy) is 1. The molecule has 0 saturated carbocycles. The minimum Gasteiger partial charge on any atom is -0.497 e. The van der Waals surface area contributed by atoms with Crippen LogP contribution in [-0.4, -0.2) is 38.8 Å². The van der Waals surface area contributed by atoms with E-state index in [2.05, 4.69) is 5.32 Å². The van der Waals surface area contributed by atoms with Crippen molar-refractivity contribution >= 4 is 33.2 Å². The van der Waals surface area contributed by atoms with Gasteiger partial charge >= 0.3 is 6.18 Å². The zero-order chi connectivity index (χ0) is 22.8. The van der Waals surface area contributed by atoms with Crippen molar-refractivity contribution in [2.45, 2.75) is 23.9 Å². The third kappa shape index (κ3) is 5.31. The van der Waals surface area contributed by atoms with Crippen LogP contribution in [0.25, 0.3) is 0 Å². The van der Waals surface area contributed by atoms with Gasteiger partial charge in [0.25, 0.3) is 0 Å². The molecule has 2 aromatic carbocycles. The number of halogens is 4. The second-order valence-electron chi connectivity index (χ2n) is 7.04. The van der Waals surface area contributed by atoms with E-state index in [1.807, 2.05) is 0 Å². The highest BCUT2D eigenvalue weighted by molar-refractivity contribution is 7.89. The molecule has 3 rings (SSSR count). The van der Waals surface area contributed by atoms with Crippen molar-refractivity contribution in [2.75, 3.05) is 25.5 Å². The molecule has 0 radical (unpaired) electrons. The van der Waals surface area contributed by atoms with Crippen LogP contribution < -0.4 is 10.1 Å². The highest BCUT2D eigenvalue weighted by Gasteiger charge is 2.35. The number of hydrogen-bond acceptors (Lipinski definition) is 4. The van der Waals surface area contributed by atoms with E-state index in [4.69, 9.17) is 16.3 Å². The number of alkyl halides is 3. The Morgan fingerprint density at radius 1 is 1.13 bits per heavy atom. The molecule has 0 atom stereocenters. The molecule has 1 fully saturated rings. The van der Waals surface area contributed by atoms with E-state index in [0.29, 0.717) is 5.75 Å². The van der Waals surface area contributed by atoms with Crippen LogP contribution in [-0.2, 0) is 21.0 Å². The number of sulfonamides is 1. The number of carbonyl (C=O) groups excluding carboxylic acids is 1. The van der Waals surface area contributed by atoms with Gasteiger partial charge in [-0.3, -0.25) is 4.79 Å². The molecule has 1 amide bonds. The molecule has 0 bridgehead atoms. The molecule has 0 unspecified atom stereocenters. The van der Waals surface area contributed by atoms with Crippen LogP contribution in [0, 0.1) is 5.92 Å². The fourth-order valence-corrected chi connectivity index (χ4v) is 5.01. The second-order valence-corrected chi connectivity index (χ2v) is 9.38. The van der Waals surface area contributed by atoms with E-state index in [-0.39, 0.29) is 36.5 Å². The Bertz CT molecular complexity index is 1050. The summed E-state index contributed by atoms with van der Waals surface area (Å²) in [6, 6.07) is 9.15. The molecular formula is C20H20ClF3N2O4S. The lowest BCUT2D eigenvalue weighted by molar-refractivity contribution is -0.137. The number of carbonyl (C=O) groups is 1. The molecule has 1 N–H and O–H groups in total. The molecule has 1 saturated heterocycles. The van der Waals surface area contributed by atoms with E-state index < -0.39 is 38.6 Å². The lowest BCUT2D eigenvalue weighted by Crippen LogP contribution is -2.41. The highest BCUT2D eigenvalue weighted by atomic mass is 35.5. The number of benzene rings is 2. The SMILES string of the molecule is COc1ccc(S(=O)(=O)N2CCC(C(=O)Nc3ccc(Cl)c(C(F)(F)F)c3)CC2)cc1. The summed E-state index contributed by atoms with van der Waals surface area (Å²) in [5.41, 5.74) is -1.05. The van der Waals surface area contributed by atoms with Crippen LogP contribution in [0.3, 0.4) is 0 Å². The Kier molecular flexibility index (Phi) is 6.82. The van der Waals surface area contributed by atoms with Gasteiger partial charge in [-0.2, -0.15) is 17.5 Å². The maximum absolute atomic E-state index is 13.0. The molecule has 1 heterocycles. The van der Waals surface area contributed by atoms with Crippen molar-refractivity contribution in [3.8, 4) is 5.75 Å². The lowest BCUT2D eigenvalue weighted by Gasteiger charge is -2.30. The second kappa shape index (κ2) is 9.05. The number of anilines is 1. The van der Waals surface area contributed by atoms with E-state index in [9.17, 15) is 26.4 Å². The van der Waals surface area contributed by atoms with Crippen LogP contribution in [0.15, 0.2) is 47.4 Å². The molecule has 1 aliphatic heterocycles. The summed E-state index contributed by atoms with van der Waals surface area (Å²) in [5, 5.41) is 2.01. The number of rotatable bonds is 5. The van der Waals surface area contributed by atoms with Crippen molar-refractivity contribution in [1.82, 2.24) is 4.31 Å². The monoisotopic (exact) mass is 476 g/mol. The van der Waals surface area contributed by atoms with Gasteiger partial charge in [-0.15, -0.1) is 0 Å². The van der Waals surface area contributed by atoms with Gasteiger partial charge in [0.05, 0.1) is 22.6 Å². The topological polar surface area (TPSA) is 75.7 Å². The highest BCUT2D eigenvalue weighted by Crippen LogP contribution is 2.36. The zero-order valence-corrected chi connectivity index (χ0v) is 18.0. The van der Waals surface area contributed by atoms with Crippen LogP contribution in [0.2, 0.25) is 5.02 Å². The van der Waals surface area contributed by atoms with E-state index in [1.54, 1.807) is 12.1 Å². The first-order chi connectivity index (χ1) is 14.5. The number of methoxy groups -OCH3 is 1. The van der Waals surface area contributed by atoms with Gasteiger partial charge in [-0.1, -0.05) is 11.6 Å². The summed E-state index contributed by atoms with van der Waals surface area (Å²) in [6.45, 7) is 0.252. The Labute approximate surface area is 183 Å². The van der Waals surface area contributed by atoms with Gasteiger partial charge in [-0.25, -0.2) is 8.42 Å². The first-order valence-electron chi connectivity index (χ1n) is 9.34. The summed E-state index contributed by atoms with van der Waals surface area (Å²) in [6.07, 6.45) is -4.14. The third-order valence-electron chi connectivity index (χ3n) is 5.06. The van der Waals surface area contributed by atoms with E-state index in [1.165, 1.54) is 29.6 Å². The molecule has 2 aromatic rings. The first kappa shape index (κ1) is 23.4. The first-order valence-corrected chi connectivity index (χ1v) is 11.2. The Hall–Kier alpha value is -2.30. The van der Waals surface area contributed by atoms with Crippen molar-refractivity contribution in [3.63, 3.8) is 0 Å². The smallest absolute Gasteiger partial charge is 0.417 e. The number of nitrogens with one attached hydrogen (secondary N) is 1. The fraction of sp³-hybridized carbons (Fsp3) is 0.350. The standard InChI is InChI=1S/C20H20ClF3N2O4S/c1-30-15-3-5-16(6-4-15)31(28,29)26-10-8-13(9-11-26)19(27)25-14-2-7-18(21)17(12-14)20(22,23)24/h2-7,12-13H,8-11H2,1H3,(H,25,27). The third-order valence-corrected chi connectivity index (χ3v) is 7.30. The van der Waals surface area contributed by atoms with Crippen LogP contribution in [0.1, 0.15) is 18.4 Å². The van der Waals surface area contributed by atoms with Crippen LogP contribution in [0.5, 0.6) is 5.75 Å². The van der Waals surface area contributed by atoms with Gasteiger partial charge in [0.15, 0.2) is 0 Å². The summed E-state index contributed by atoms with van der Waals surface area (Å²) >= 11 is 5.59. The summed E-state index contributed by atoms with van der Waals surface area (Å²) in [4.78, 5) is 12.6. The van der Waals surface area contributed by atoms with Gasteiger partial charge in [-0.05, 0) is 55.3 Å². The molecule has 11 heteroatoms. The minimum absolute atomic E-state index is 0.0185. The van der Waals surface area contributed by atoms with Crippen LogP contribution in [0.4, 0.5) is 18.9 Å². The van der Waals surface area contributed by atoms with Gasteiger partial charge in [0.1, 0.15) is 5.75 Å². The predicted molar refractivity (Wildman–Crippen MR) is 110 cm³/mol. The normalized spacial score (nSPS) is 16.2. The molecule has 168 valence electrons. The summed E-state index contributed by atoms with van der Waals surface area (Å²) in [7, 11) is -2.24. The quantitative estimate of drug-likeness (QED) is 0.693. The average molecular weight is 477 g/mol. The Morgan fingerprint density at radius 2 is 1.74 bits per heavy atom. The number of piperidine rings is 1. The van der Waals surface area contributed by atoms with Crippen molar-refractivity contribution in [2.24, 2.45) is 5.92 Å². The molecule has 0 aliphatic carbocycles. The van der Waals surface area contributed by atoms with Gasteiger partial charge in [0.2, 0.25) is 15.9 Å². The fourth-order valence-electron chi connectivity index (χ4n) is 3.32. The average Bonchev–Trinajstić information content (AvgIpc) is 2.74. The van der Waals surface area contributed by atoms with Crippen LogP contribution >= 0.6 is 11.6 Å². The number of hydrogen-bond donors (Lipinski definition) is 1. The summed E-state index contributed by atoms with van der Waals surface area (Å²) in [5.74, 6) is -0.450. The largest absolute Gasteiger partial charge is 0.497 e. The predicted octanol–water partition coefficient (Wildman–Crippen LogP) is 4.41. The van der Waals surface area contributed by atoms with E-state index in [0.717, 1.165) is 12.1 Å². The Balaban J connectivity index is 1.63. The molecular weight excluding hydrogens is 457 g/mol. The minimum atomic E-state index is -4.64. The van der Waals surface area contributed by atoms with Crippen molar-refractivity contribution in [1.29, 1.82) is 0 Å². The molecule has 6 nitrogen and oxygen atoms in total. The number of nitrogens with zero attached hydrogens (tertiary/aromatic N) is 1. The Morgan fingerprint density at radius 3 is 2.29 bits per heavy atom. The van der Waals surface area contributed by atoms with E-state index >= 15 is 0 Å². The summed E-state index contributed by atoms with van der Waals surface area (Å²) < 4.78 is 70.9. The lowest BCUT2D eigenvalue weighted by atomic mass is 9.97. The molecule has 31 heavy (non-hydrogen) atoms. The molecule has 0 aromatic heterocycles. The zero-order valence-electron chi connectivity index (χ0n) is 16.4. The van der Waals surface area contributed by atoms with Crippen molar-refractivity contribution in [3.05, 3.63) is 53.1 Å². The molecule has 0 spiro atoms. The van der Waals surface area contributed by atoms with Crippen molar-refractivity contribution < 1.29 is 31.1 Å². The maximum Gasteiger partial charge on any atom is 0.417 e. The van der Waals surface area contributed by atoms with Gasteiger partial charge in [0, 0.05) is 24.7 Å².